The first kappa shape index (κ1) is 75.7. The lowest BCUT2D eigenvalue weighted by atomic mass is 10.0. The normalized spacial score (nSPS) is 14.4. The van der Waals surface area contributed by atoms with Crippen LogP contribution in [0.25, 0.3) is 0 Å². The molecule has 0 aromatic rings. The molecule has 0 heterocycles. The van der Waals surface area contributed by atoms with Crippen LogP contribution in [0.5, 0.6) is 0 Å². The lowest BCUT2D eigenvalue weighted by Crippen LogP contribution is -2.47. The molecule has 0 aliphatic carbocycles. The molecule has 0 aromatic heterocycles. The van der Waals surface area contributed by atoms with Crippen LogP contribution in [-0.2, 0) is 27.9 Å². The van der Waals surface area contributed by atoms with E-state index in [1.807, 2.05) is 33.3 Å². The molecule has 1 N–H and O–H groups in total. The molecule has 0 aliphatic heterocycles. The summed E-state index contributed by atoms with van der Waals surface area (Å²) in [7, 11) is 1.16. The number of nitrogens with one attached hydrogen (secondary N) is 1. The van der Waals surface area contributed by atoms with Crippen molar-refractivity contribution in [2.75, 3.05) is 40.9 Å². The summed E-state index contributed by atoms with van der Waals surface area (Å²) in [5.74, 6) is -0.574. The Morgan fingerprint density at radius 3 is 1.22 bits per heavy atom. The summed E-state index contributed by atoms with van der Waals surface area (Å²) in [5, 5.41) is 3.01. The fraction of sp³-hybridized carbons (Fsp3) is 0.710. The summed E-state index contributed by atoms with van der Waals surface area (Å²) < 4.78 is 30.3. The van der Waals surface area contributed by atoms with Crippen LogP contribution in [0.15, 0.2) is 109 Å². The molecule has 0 bridgehead atoms. The van der Waals surface area contributed by atoms with E-state index in [1.54, 1.807) is 0 Å². The van der Waals surface area contributed by atoms with E-state index < -0.39 is 26.6 Å². The fourth-order valence-electron chi connectivity index (χ4n) is 8.80. The molecule has 0 spiro atoms. The molecule has 10 heteroatoms. The minimum Gasteiger partial charge on any atom is -0.756 e. The predicted molar refractivity (Wildman–Crippen MR) is 339 cm³/mol. The number of carbonyl (C=O) groups excluding carboxylic acids is 2. The van der Waals surface area contributed by atoms with Crippen LogP contribution >= 0.6 is 7.82 Å². The Kier molecular flexibility index (Phi) is 55.4. The number of esters is 1. The SMILES string of the molecule is CC/C=C\C/C=C\C/C=C\C/C=C\C/C=C\CCCCCCCCCCCCCC(=O)OC(/C=C\CCCCCCCCCCCC)C(COP(=O)([O-])OCC[N+](C)(C)C)NC(=O)CCCCCC/C=C/C/C=C/C/C=C/CC. The second-order valence-electron chi connectivity index (χ2n) is 22.5. The summed E-state index contributed by atoms with van der Waals surface area (Å²) >= 11 is 0. The van der Waals surface area contributed by atoms with Gasteiger partial charge in [-0.05, 0) is 109 Å². The molecule has 1 amide bonds. The van der Waals surface area contributed by atoms with Crippen molar-refractivity contribution >= 4 is 19.7 Å². The van der Waals surface area contributed by atoms with E-state index in [4.69, 9.17) is 13.8 Å². The quantitative estimate of drug-likeness (QED) is 0.0212. The second kappa shape index (κ2) is 57.9. The molecule has 0 fully saturated rings. The molecule has 9 nitrogen and oxygen atoms in total. The molecular formula is C69H121N2O7P. The molecule has 454 valence electrons. The molecule has 0 saturated heterocycles. The van der Waals surface area contributed by atoms with Crippen molar-refractivity contribution in [1.82, 2.24) is 5.32 Å². The fourth-order valence-corrected chi connectivity index (χ4v) is 9.52. The molecule has 0 saturated carbocycles. The number of amides is 1. The lowest BCUT2D eigenvalue weighted by molar-refractivity contribution is -0.870. The van der Waals surface area contributed by atoms with E-state index in [9.17, 15) is 19.0 Å². The van der Waals surface area contributed by atoms with E-state index in [2.05, 4.69) is 123 Å². The number of hydrogen-bond donors (Lipinski definition) is 1. The topological polar surface area (TPSA) is 114 Å². The third-order valence-electron chi connectivity index (χ3n) is 13.7. The first-order chi connectivity index (χ1) is 38.4. The van der Waals surface area contributed by atoms with E-state index >= 15 is 0 Å². The maximum absolute atomic E-state index is 13.5. The monoisotopic (exact) mass is 1120 g/mol. The van der Waals surface area contributed by atoms with Gasteiger partial charge in [0.25, 0.3) is 7.82 Å². The zero-order valence-corrected chi connectivity index (χ0v) is 52.7. The highest BCUT2D eigenvalue weighted by molar-refractivity contribution is 7.45. The highest BCUT2D eigenvalue weighted by Gasteiger charge is 2.27. The number of ether oxygens (including phenoxy) is 1. The average Bonchev–Trinajstić information content (AvgIpc) is 3.41. The molecule has 0 radical (unpaired) electrons. The third kappa shape index (κ3) is 59.1. The van der Waals surface area contributed by atoms with E-state index in [-0.39, 0.29) is 31.3 Å². The lowest BCUT2D eigenvalue weighted by Gasteiger charge is -2.30. The van der Waals surface area contributed by atoms with Crippen molar-refractivity contribution in [3.05, 3.63) is 109 Å². The van der Waals surface area contributed by atoms with Gasteiger partial charge in [-0.2, -0.15) is 0 Å². The number of phosphoric ester groups is 1. The van der Waals surface area contributed by atoms with E-state index in [0.717, 1.165) is 128 Å². The van der Waals surface area contributed by atoms with Gasteiger partial charge in [-0.1, -0.05) is 252 Å². The van der Waals surface area contributed by atoms with Crippen molar-refractivity contribution in [3.8, 4) is 0 Å². The van der Waals surface area contributed by atoms with Crippen LogP contribution in [0.4, 0.5) is 0 Å². The Morgan fingerprint density at radius 1 is 0.456 bits per heavy atom. The number of allylic oxidation sites excluding steroid dienone is 17. The van der Waals surface area contributed by atoms with Gasteiger partial charge in [0, 0.05) is 12.8 Å². The zero-order chi connectivity index (χ0) is 57.9. The van der Waals surface area contributed by atoms with Crippen LogP contribution in [0.2, 0.25) is 0 Å². The minimum absolute atomic E-state index is 0.0320. The molecule has 3 atom stereocenters. The zero-order valence-electron chi connectivity index (χ0n) is 51.8. The van der Waals surface area contributed by atoms with Gasteiger partial charge in [-0.3, -0.25) is 14.2 Å². The number of rotatable bonds is 57. The van der Waals surface area contributed by atoms with Gasteiger partial charge < -0.3 is 28.5 Å². The van der Waals surface area contributed by atoms with Gasteiger partial charge in [0.15, 0.2) is 0 Å². The van der Waals surface area contributed by atoms with Crippen molar-refractivity contribution in [2.45, 2.75) is 277 Å². The minimum atomic E-state index is -4.71. The Balaban J connectivity index is 5.11. The number of carbonyl (C=O) groups is 2. The van der Waals surface area contributed by atoms with Crippen LogP contribution in [0.3, 0.4) is 0 Å². The molecule has 0 rings (SSSR count). The largest absolute Gasteiger partial charge is 0.756 e. The average molecular weight is 1120 g/mol. The first-order valence-corrected chi connectivity index (χ1v) is 33.7. The summed E-state index contributed by atoms with van der Waals surface area (Å²) in [6.07, 6.45) is 79.2. The number of unbranched alkanes of at least 4 members (excludes halogenated alkanes) is 25. The van der Waals surface area contributed by atoms with Gasteiger partial charge in [0.2, 0.25) is 5.91 Å². The van der Waals surface area contributed by atoms with Crippen molar-refractivity contribution < 1.29 is 37.3 Å². The van der Waals surface area contributed by atoms with Crippen molar-refractivity contribution in [2.24, 2.45) is 0 Å². The van der Waals surface area contributed by atoms with Crippen LogP contribution in [0.1, 0.15) is 265 Å². The second-order valence-corrected chi connectivity index (χ2v) is 23.9. The van der Waals surface area contributed by atoms with Gasteiger partial charge in [-0.15, -0.1) is 0 Å². The van der Waals surface area contributed by atoms with Gasteiger partial charge in [-0.25, -0.2) is 0 Å². The number of phosphoric acid groups is 1. The highest BCUT2D eigenvalue weighted by Crippen LogP contribution is 2.38. The standard InChI is InChI=1S/C69H121N2O7P/c1-7-10-13-16-19-22-25-28-30-31-32-33-34-35-36-37-38-39-40-41-42-44-47-50-53-56-59-62-69(73)78-67(60-57-54-51-48-45-27-24-21-18-15-12-9-3)66(65-77-79(74,75)76-64-63-71(4,5)6)70-68(72)61-58-55-52-49-46-43-29-26-23-20-17-14-11-8-2/h10-11,13-14,19-20,22-23,28-30,32-33,35-36,43,57,60,66-67H,7-9,12,15-18,21,24-27,31,34,37-42,44-56,58-59,61-65H2,1-6H3,(H-,70,72,74,75)/b13-10-,14-11+,22-19-,23-20+,30-28-,33-32-,36-35-,43-29+,60-57-. The van der Waals surface area contributed by atoms with Gasteiger partial charge in [0.1, 0.15) is 19.3 Å². The van der Waals surface area contributed by atoms with Gasteiger partial charge in [0.05, 0.1) is 33.8 Å². The Bertz CT molecular complexity index is 1720. The predicted octanol–water partition coefficient (Wildman–Crippen LogP) is 19.5. The summed E-state index contributed by atoms with van der Waals surface area (Å²) in [4.78, 5) is 40.0. The first-order valence-electron chi connectivity index (χ1n) is 32.2. The molecule has 0 aliphatic rings. The maximum atomic E-state index is 13.5. The van der Waals surface area contributed by atoms with Crippen molar-refractivity contribution in [3.63, 3.8) is 0 Å². The number of nitrogens with zero attached hydrogens (tertiary/aromatic N) is 1. The number of hydrogen-bond acceptors (Lipinski definition) is 7. The van der Waals surface area contributed by atoms with Gasteiger partial charge >= 0.3 is 5.97 Å². The molecule has 3 unspecified atom stereocenters. The smallest absolute Gasteiger partial charge is 0.306 e. The van der Waals surface area contributed by atoms with E-state index in [1.165, 1.54) is 96.3 Å². The van der Waals surface area contributed by atoms with Crippen molar-refractivity contribution in [1.29, 1.82) is 0 Å². The Labute approximate surface area is 487 Å². The van der Waals surface area contributed by atoms with Crippen LogP contribution in [-0.4, -0.2) is 69.4 Å². The third-order valence-corrected chi connectivity index (χ3v) is 14.7. The molecular weight excluding hydrogens is 1000 g/mol. The molecule has 0 aromatic carbocycles. The summed E-state index contributed by atoms with van der Waals surface area (Å²) in [5.41, 5.74) is 0. The van der Waals surface area contributed by atoms with E-state index in [0.29, 0.717) is 17.4 Å². The van der Waals surface area contributed by atoms with Crippen LogP contribution in [0, 0.1) is 0 Å². The van der Waals surface area contributed by atoms with Crippen LogP contribution < -0.4 is 10.2 Å². The highest BCUT2D eigenvalue weighted by atomic mass is 31.2. The number of likely N-dealkylation sites (N-methyl/N-ethyl adjacent to an activating group) is 1. The summed E-state index contributed by atoms with van der Waals surface area (Å²) in [6.45, 7) is 6.59. The number of quaternary nitrogens is 1. The summed E-state index contributed by atoms with van der Waals surface area (Å²) in [6, 6.07) is -0.907. The Hall–Kier alpha value is -3.33. The Morgan fingerprint density at radius 2 is 0.810 bits per heavy atom. The maximum Gasteiger partial charge on any atom is 0.306 e. The molecule has 79 heavy (non-hydrogen) atoms.